The van der Waals surface area contributed by atoms with E-state index in [1.807, 2.05) is 18.9 Å². The van der Waals surface area contributed by atoms with Crippen LogP contribution in [-0.4, -0.2) is 36.3 Å². The van der Waals surface area contributed by atoms with Gasteiger partial charge in [-0.1, -0.05) is 27.2 Å². The van der Waals surface area contributed by atoms with Crippen LogP contribution >= 0.6 is 0 Å². The summed E-state index contributed by atoms with van der Waals surface area (Å²) in [6.07, 6.45) is 3.76. The molecule has 0 aromatic heterocycles. The first-order valence-corrected chi connectivity index (χ1v) is 6.61. The number of unbranched alkanes of at least 4 members (excludes halogenated alkanes) is 1. The Morgan fingerprint density at radius 2 is 2.22 bits per heavy atom. The number of carbonyl (C=O) groups excluding carboxylic acids is 2. The molecule has 0 aliphatic carbocycles. The molecule has 1 rings (SSSR count). The molecule has 18 heavy (non-hydrogen) atoms. The third kappa shape index (κ3) is 3.59. The quantitative estimate of drug-likeness (QED) is 0.556. The van der Waals surface area contributed by atoms with Crippen molar-refractivity contribution >= 4 is 11.8 Å². The standard InChI is InChI=1S/C14H23NO3/c1-5-6-7-11(16)8-12-14(17)18-9-13(10(2)3)15(12)4/h8,10,13H,5-7,9H2,1-4H3/b12-8+. The highest BCUT2D eigenvalue weighted by atomic mass is 16.5. The molecule has 0 aromatic carbocycles. The molecule has 1 atom stereocenters. The molecule has 0 amide bonds. The van der Waals surface area contributed by atoms with Crippen molar-refractivity contribution in [2.24, 2.45) is 5.92 Å². The number of esters is 1. The molecule has 4 nitrogen and oxygen atoms in total. The monoisotopic (exact) mass is 253 g/mol. The summed E-state index contributed by atoms with van der Waals surface area (Å²) in [7, 11) is 1.85. The Labute approximate surface area is 109 Å². The Morgan fingerprint density at radius 3 is 2.78 bits per heavy atom. The highest BCUT2D eigenvalue weighted by Gasteiger charge is 2.31. The number of hydrogen-bond acceptors (Lipinski definition) is 4. The Balaban J connectivity index is 2.79. The maximum atomic E-state index is 11.7. The highest BCUT2D eigenvalue weighted by Crippen LogP contribution is 2.21. The maximum absolute atomic E-state index is 11.7. The molecule has 4 heteroatoms. The van der Waals surface area contributed by atoms with Crippen molar-refractivity contribution in [1.82, 2.24) is 4.90 Å². The number of ether oxygens (including phenoxy) is 1. The van der Waals surface area contributed by atoms with Gasteiger partial charge in [-0.2, -0.15) is 0 Å². The van der Waals surface area contributed by atoms with Crippen molar-refractivity contribution in [1.29, 1.82) is 0 Å². The number of hydrogen-bond donors (Lipinski definition) is 0. The summed E-state index contributed by atoms with van der Waals surface area (Å²) < 4.78 is 5.14. The van der Waals surface area contributed by atoms with Crippen molar-refractivity contribution in [2.75, 3.05) is 13.7 Å². The molecule has 1 aliphatic heterocycles. The first-order valence-electron chi connectivity index (χ1n) is 6.61. The fourth-order valence-corrected chi connectivity index (χ4v) is 2.05. The van der Waals surface area contributed by atoms with E-state index in [0.29, 0.717) is 24.6 Å². The summed E-state index contributed by atoms with van der Waals surface area (Å²) in [6.45, 7) is 6.59. The minimum atomic E-state index is -0.390. The molecule has 1 fully saturated rings. The van der Waals surface area contributed by atoms with Gasteiger partial charge in [0.05, 0.1) is 6.04 Å². The SMILES string of the molecule is CCCCC(=O)/C=C1\C(=O)OCC(C(C)C)N1C. The van der Waals surface area contributed by atoms with Crippen LogP contribution in [0.3, 0.4) is 0 Å². The van der Waals surface area contributed by atoms with Crippen LogP contribution in [-0.2, 0) is 14.3 Å². The zero-order chi connectivity index (χ0) is 13.7. The average molecular weight is 253 g/mol. The number of rotatable bonds is 5. The van der Waals surface area contributed by atoms with Gasteiger partial charge < -0.3 is 9.64 Å². The molecular weight excluding hydrogens is 230 g/mol. The Hall–Kier alpha value is -1.32. The number of allylic oxidation sites excluding steroid dienone is 1. The molecule has 0 bridgehead atoms. The van der Waals surface area contributed by atoms with E-state index in [4.69, 9.17) is 4.74 Å². The van der Waals surface area contributed by atoms with E-state index in [1.54, 1.807) is 0 Å². The van der Waals surface area contributed by atoms with Crippen LogP contribution in [0.15, 0.2) is 11.8 Å². The third-order valence-corrected chi connectivity index (χ3v) is 3.32. The molecule has 0 saturated carbocycles. The minimum Gasteiger partial charge on any atom is -0.459 e. The van der Waals surface area contributed by atoms with E-state index in [0.717, 1.165) is 12.8 Å². The minimum absolute atomic E-state index is 0.0000520. The van der Waals surface area contributed by atoms with Gasteiger partial charge in [-0.05, 0) is 12.3 Å². The van der Waals surface area contributed by atoms with Gasteiger partial charge in [-0.25, -0.2) is 4.79 Å². The summed E-state index contributed by atoms with van der Waals surface area (Å²) in [5.41, 5.74) is 0.390. The molecule has 1 saturated heterocycles. The summed E-state index contributed by atoms with van der Waals surface area (Å²) in [4.78, 5) is 25.3. The van der Waals surface area contributed by atoms with Gasteiger partial charge in [0, 0.05) is 19.5 Å². The predicted molar refractivity (Wildman–Crippen MR) is 70.0 cm³/mol. The van der Waals surface area contributed by atoms with E-state index in [2.05, 4.69) is 13.8 Å². The maximum Gasteiger partial charge on any atom is 0.354 e. The van der Waals surface area contributed by atoms with Crippen molar-refractivity contribution < 1.29 is 14.3 Å². The van der Waals surface area contributed by atoms with Gasteiger partial charge in [-0.15, -0.1) is 0 Å². The number of likely N-dealkylation sites (N-methyl/N-ethyl adjacent to an activating group) is 1. The van der Waals surface area contributed by atoms with Crippen molar-refractivity contribution in [3.63, 3.8) is 0 Å². The topological polar surface area (TPSA) is 46.6 Å². The fraction of sp³-hybridized carbons (Fsp3) is 0.714. The first kappa shape index (κ1) is 14.7. The number of carbonyl (C=O) groups is 2. The molecule has 102 valence electrons. The lowest BCUT2D eigenvalue weighted by Gasteiger charge is -2.37. The number of nitrogens with zero attached hydrogens (tertiary/aromatic N) is 1. The molecule has 0 aromatic rings. The normalized spacial score (nSPS) is 22.5. The molecule has 1 heterocycles. The Kier molecular flexibility index (Phi) is 5.38. The van der Waals surface area contributed by atoms with E-state index in [9.17, 15) is 9.59 Å². The van der Waals surface area contributed by atoms with E-state index in [-0.39, 0.29) is 17.8 Å². The molecule has 0 spiro atoms. The van der Waals surface area contributed by atoms with Crippen LogP contribution < -0.4 is 0 Å². The lowest BCUT2D eigenvalue weighted by molar-refractivity contribution is -0.148. The second-order valence-electron chi connectivity index (χ2n) is 5.12. The average Bonchev–Trinajstić information content (AvgIpc) is 2.31. The van der Waals surface area contributed by atoms with Crippen LogP contribution in [0, 0.1) is 5.92 Å². The van der Waals surface area contributed by atoms with E-state index < -0.39 is 0 Å². The third-order valence-electron chi connectivity index (χ3n) is 3.32. The Bertz CT molecular complexity index is 347. The van der Waals surface area contributed by atoms with Gasteiger partial charge in [0.1, 0.15) is 12.3 Å². The predicted octanol–water partition coefficient (Wildman–Crippen LogP) is 2.14. The van der Waals surface area contributed by atoms with Crippen molar-refractivity contribution in [3.8, 4) is 0 Å². The zero-order valence-electron chi connectivity index (χ0n) is 11.7. The number of cyclic esters (lactones) is 1. The van der Waals surface area contributed by atoms with Crippen LogP contribution in [0.5, 0.6) is 0 Å². The summed E-state index contributed by atoms with van der Waals surface area (Å²) in [6, 6.07) is 0.146. The Morgan fingerprint density at radius 1 is 1.56 bits per heavy atom. The van der Waals surface area contributed by atoms with Crippen LogP contribution in [0.25, 0.3) is 0 Å². The zero-order valence-corrected chi connectivity index (χ0v) is 11.7. The summed E-state index contributed by atoms with van der Waals surface area (Å²) >= 11 is 0. The second kappa shape index (κ2) is 6.57. The second-order valence-corrected chi connectivity index (χ2v) is 5.12. The molecule has 0 radical (unpaired) electrons. The molecule has 1 unspecified atom stereocenters. The van der Waals surface area contributed by atoms with Crippen molar-refractivity contribution in [2.45, 2.75) is 46.1 Å². The first-order chi connectivity index (χ1) is 8.47. The van der Waals surface area contributed by atoms with Gasteiger partial charge in [-0.3, -0.25) is 4.79 Å². The van der Waals surface area contributed by atoms with Gasteiger partial charge >= 0.3 is 5.97 Å². The number of ketones is 1. The molecule has 1 aliphatic rings. The van der Waals surface area contributed by atoms with Crippen LogP contribution in [0.2, 0.25) is 0 Å². The fourth-order valence-electron chi connectivity index (χ4n) is 2.05. The van der Waals surface area contributed by atoms with Gasteiger partial charge in [0.15, 0.2) is 5.78 Å². The smallest absolute Gasteiger partial charge is 0.354 e. The van der Waals surface area contributed by atoms with Gasteiger partial charge in [0.25, 0.3) is 0 Å². The lowest BCUT2D eigenvalue weighted by atomic mass is 10.0. The number of morpholine rings is 1. The van der Waals surface area contributed by atoms with E-state index >= 15 is 0 Å². The molecular formula is C14H23NO3. The van der Waals surface area contributed by atoms with E-state index in [1.165, 1.54) is 6.08 Å². The van der Waals surface area contributed by atoms with Crippen molar-refractivity contribution in [3.05, 3.63) is 11.8 Å². The largest absolute Gasteiger partial charge is 0.459 e. The highest BCUT2D eigenvalue weighted by molar-refractivity contribution is 5.99. The lowest BCUT2D eigenvalue weighted by Crippen LogP contribution is -2.46. The van der Waals surface area contributed by atoms with Gasteiger partial charge in [0.2, 0.25) is 0 Å². The summed E-state index contributed by atoms with van der Waals surface area (Å²) in [5, 5.41) is 0. The summed E-state index contributed by atoms with van der Waals surface area (Å²) in [5.74, 6) is -0.0171. The van der Waals surface area contributed by atoms with Crippen LogP contribution in [0.4, 0.5) is 0 Å². The molecule has 0 N–H and O–H groups in total. The van der Waals surface area contributed by atoms with Crippen LogP contribution in [0.1, 0.15) is 40.0 Å².